The van der Waals surface area contributed by atoms with E-state index in [2.05, 4.69) is 45.2 Å². The molecule has 0 spiro atoms. The molecule has 1 fully saturated rings. The molecule has 1 aromatic rings. The number of rotatable bonds is 4. The van der Waals surface area contributed by atoms with Gasteiger partial charge in [-0.2, -0.15) is 0 Å². The van der Waals surface area contributed by atoms with E-state index < -0.39 is 0 Å². The largest absolute Gasteiger partial charge is 0.323 e. The van der Waals surface area contributed by atoms with Gasteiger partial charge < -0.3 is 16.0 Å². The molecule has 1 aliphatic rings. The van der Waals surface area contributed by atoms with Crippen molar-refractivity contribution in [2.45, 2.75) is 13.0 Å². The fourth-order valence-electron chi connectivity index (χ4n) is 2.20. The van der Waals surface area contributed by atoms with Gasteiger partial charge in [-0.1, -0.05) is 6.92 Å². The molecule has 2 atom stereocenters. The Morgan fingerprint density at radius 1 is 1.47 bits per heavy atom. The fourth-order valence-corrected chi connectivity index (χ4v) is 3.76. The summed E-state index contributed by atoms with van der Waals surface area (Å²) >= 11 is 5.24. The van der Waals surface area contributed by atoms with Crippen LogP contribution in [-0.2, 0) is 0 Å². The van der Waals surface area contributed by atoms with Crippen LogP contribution in [0.3, 0.4) is 0 Å². The number of nitrogens with one attached hydrogen (secondary N) is 1. The van der Waals surface area contributed by atoms with Gasteiger partial charge in [-0.05, 0) is 34.0 Å². The van der Waals surface area contributed by atoms with Gasteiger partial charge in [-0.15, -0.1) is 11.3 Å². The Morgan fingerprint density at radius 2 is 2.18 bits per heavy atom. The number of thiophene rings is 1. The molecule has 0 amide bonds. The molecule has 5 heteroatoms. The van der Waals surface area contributed by atoms with Crippen LogP contribution in [-0.4, -0.2) is 37.6 Å². The molecule has 0 radical (unpaired) electrons. The molecule has 0 bridgehead atoms. The smallest absolute Gasteiger partial charge is 0.0701 e. The second kappa shape index (κ2) is 6.29. The van der Waals surface area contributed by atoms with Crippen molar-refractivity contribution < 1.29 is 0 Å². The van der Waals surface area contributed by atoms with E-state index >= 15 is 0 Å². The first-order valence-corrected chi connectivity index (χ1v) is 7.71. The van der Waals surface area contributed by atoms with Crippen molar-refractivity contribution in [3.63, 3.8) is 0 Å². The van der Waals surface area contributed by atoms with Crippen molar-refractivity contribution in [3.05, 3.63) is 20.8 Å². The van der Waals surface area contributed by atoms with E-state index in [1.54, 1.807) is 11.3 Å². The summed E-state index contributed by atoms with van der Waals surface area (Å²) in [6, 6.07) is 4.37. The summed E-state index contributed by atoms with van der Waals surface area (Å²) in [6.45, 7) is 7.84. The van der Waals surface area contributed by atoms with Crippen LogP contribution >= 0.6 is 27.3 Å². The second-order valence-corrected chi connectivity index (χ2v) is 7.19. The van der Waals surface area contributed by atoms with Gasteiger partial charge in [0.25, 0.3) is 0 Å². The van der Waals surface area contributed by atoms with Crippen molar-refractivity contribution in [3.8, 4) is 0 Å². The standard InChI is InChI=1S/C12H20BrN3S/c1-9(8-16-6-4-15-5-7-16)12(14)10-2-3-11(13)17-10/h2-3,9,12,15H,4-8,14H2,1H3. The Bertz CT molecular complexity index is 349. The first-order valence-electron chi connectivity index (χ1n) is 6.10. The second-order valence-electron chi connectivity index (χ2n) is 4.70. The molecule has 1 aliphatic heterocycles. The van der Waals surface area contributed by atoms with Gasteiger partial charge in [-0.3, -0.25) is 0 Å². The third-order valence-electron chi connectivity index (χ3n) is 3.29. The first-order chi connectivity index (χ1) is 8.16. The highest BCUT2D eigenvalue weighted by Crippen LogP contribution is 2.30. The summed E-state index contributed by atoms with van der Waals surface area (Å²) in [7, 11) is 0. The van der Waals surface area contributed by atoms with Crippen LogP contribution in [0.15, 0.2) is 15.9 Å². The van der Waals surface area contributed by atoms with Crippen LogP contribution in [0.2, 0.25) is 0 Å². The zero-order chi connectivity index (χ0) is 12.3. The van der Waals surface area contributed by atoms with Crippen molar-refractivity contribution >= 4 is 27.3 Å². The molecular weight excluding hydrogens is 298 g/mol. The Labute approximate surface area is 116 Å². The van der Waals surface area contributed by atoms with Crippen LogP contribution in [0.4, 0.5) is 0 Å². The van der Waals surface area contributed by atoms with Crippen LogP contribution in [0.1, 0.15) is 17.8 Å². The maximum absolute atomic E-state index is 6.32. The number of hydrogen-bond donors (Lipinski definition) is 2. The zero-order valence-corrected chi connectivity index (χ0v) is 12.6. The molecule has 0 saturated carbocycles. The molecule has 0 aliphatic carbocycles. The molecule has 2 rings (SSSR count). The Kier molecular flexibility index (Phi) is 4.99. The van der Waals surface area contributed by atoms with Crippen molar-refractivity contribution in [1.29, 1.82) is 0 Å². The maximum atomic E-state index is 6.32. The molecule has 0 aromatic carbocycles. The fraction of sp³-hybridized carbons (Fsp3) is 0.667. The Hall–Kier alpha value is 0.0600. The number of nitrogens with two attached hydrogens (primary N) is 1. The molecule has 17 heavy (non-hydrogen) atoms. The number of piperazine rings is 1. The predicted octanol–water partition coefficient (Wildman–Crippen LogP) is 2.05. The quantitative estimate of drug-likeness (QED) is 0.893. The van der Waals surface area contributed by atoms with Crippen LogP contribution < -0.4 is 11.1 Å². The molecule has 2 heterocycles. The van der Waals surface area contributed by atoms with Gasteiger partial charge in [0.15, 0.2) is 0 Å². The lowest BCUT2D eigenvalue weighted by atomic mass is 10.0. The van der Waals surface area contributed by atoms with Gasteiger partial charge in [0.1, 0.15) is 0 Å². The molecule has 1 saturated heterocycles. The van der Waals surface area contributed by atoms with E-state index in [9.17, 15) is 0 Å². The molecule has 3 nitrogen and oxygen atoms in total. The van der Waals surface area contributed by atoms with Gasteiger partial charge in [0, 0.05) is 43.6 Å². The lowest BCUT2D eigenvalue weighted by Gasteiger charge is -2.31. The summed E-state index contributed by atoms with van der Waals surface area (Å²) in [5.74, 6) is 0.499. The van der Waals surface area contributed by atoms with E-state index in [-0.39, 0.29) is 6.04 Å². The van der Waals surface area contributed by atoms with Gasteiger partial charge in [-0.25, -0.2) is 0 Å². The molecule has 2 unspecified atom stereocenters. The predicted molar refractivity (Wildman–Crippen MR) is 77.4 cm³/mol. The monoisotopic (exact) mass is 317 g/mol. The highest BCUT2D eigenvalue weighted by Gasteiger charge is 2.20. The molecule has 96 valence electrons. The van der Waals surface area contributed by atoms with E-state index in [1.807, 2.05) is 0 Å². The maximum Gasteiger partial charge on any atom is 0.0701 e. The molecular formula is C12H20BrN3S. The lowest BCUT2D eigenvalue weighted by molar-refractivity contribution is 0.200. The number of halogens is 1. The average molecular weight is 318 g/mol. The Balaban J connectivity index is 1.88. The van der Waals surface area contributed by atoms with Crippen molar-refractivity contribution in [1.82, 2.24) is 10.2 Å². The summed E-state index contributed by atoms with van der Waals surface area (Å²) in [5, 5.41) is 3.38. The minimum Gasteiger partial charge on any atom is -0.323 e. The number of nitrogens with zero attached hydrogens (tertiary/aromatic N) is 1. The van der Waals surface area contributed by atoms with Gasteiger partial charge in [0.05, 0.1) is 3.79 Å². The Morgan fingerprint density at radius 3 is 2.76 bits per heavy atom. The summed E-state index contributed by atoms with van der Waals surface area (Å²) in [5.41, 5.74) is 6.32. The normalized spacial score (nSPS) is 21.4. The van der Waals surface area contributed by atoms with Crippen LogP contribution in [0.5, 0.6) is 0 Å². The first kappa shape index (κ1) is 13.5. The average Bonchev–Trinajstić information content (AvgIpc) is 2.76. The highest BCUT2D eigenvalue weighted by atomic mass is 79.9. The van der Waals surface area contributed by atoms with Gasteiger partial charge >= 0.3 is 0 Å². The topological polar surface area (TPSA) is 41.3 Å². The zero-order valence-electron chi connectivity index (χ0n) is 10.2. The van der Waals surface area contributed by atoms with E-state index in [4.69, 9.17) is 5.73 Å². The summed E-state index contributed by atoms with van der Waals surface area (Å²) < 4.78 is 1.16. The van der Waals surface area contributed by atoms with Crippen LogP contribution in [0.25, 0.3) is 0 Å². The third kappa shape index (κ3) is 3.76. The summed E-state index contributed by atoms with van der Waals surface area (Å²) in [6.07, 6.45) is 0. The minimum absolute atomic E-state index is 0.154. The minimum atomic E-state index is 0.154. The SMILES string of the molecule is CC(CN1CCNCC1)C(N)c1ccc(Br)s1. The lowest BCUT2D eigenvalue weighted by Crippen LogP contribution is -2.46. The third-order valence-corrected chi connectivity index (χ3v) is 5.02. The number of hydrogen-bond acceptors (Lipinski definition) is 4. The van der Waals surface area contributed by atoms with Crippen molar-refractivity contribution in [2.75, 3.05) is 32.7 Å². The molecule has 3 N–H and O–H groups in total. The van der Waals surface area contributed by atoms with E-state index in [1.165, 1.54) is 4.88 Å². The van der Waals surface area contributed by atoms with E-state index in [0.29, 0.717) is 5.92 Å². The van der Waals surface area contributed by atoms with E-state index in [0.717, 1.165) is 36.5 Å². The van der Waals surface area contributed by atoms with Crippen molar-refractivity contribution in [2.24, 2.45) is 11.7 Å². The highest BCUT2D eigenvalue weighted by molar-refractivity contribution is 9.11. The van der Waals surface area contributed by atoms with Gasteiger partial charge in [0.2, 0.25) is 0 Å². The van der Waals surface area contributed by atoms with Crippen LogP contribution in [0, 0.1) is 5.92 Å². The molecule has 1 aromatic heterocycles. The summed E-state index contributed by atoms with van der Waals surface area (Å²) in [4.78, 5) is 3.78.